The molecule has 0 aliphatic heterocycles. The van der Waals surface area contributed by atoms with Gasteiger partial charge in [0.2, 0.25) is 0 Å². The molecule has 0 radical (unpaired) electrons. The van der Waals surface area contributed by atoms with Crippen molar-refractivity contribution < 1.29 is 9.90 Å². The lowest BCUT2D eigenvalue weighted by Gasteiger charge is -2.13. The van der Waals surface area contributed by atoms with Gasteiger partial charge in [-0.05, 0) is 41.5 Å². The zero-order valence-electron chi connectivity index (χ0n) is 13.2. The Labute approximate surface area is 132 Å². The monoisotopic (exact) mass is 295 g/mol. The Morgan fingerprint density at radius 3 is 2.41 bits per heavy atom. The van der Waals surface area contributed by atoms with E-state index in [9.17, 15) is 9.90 Å². The molecule has 0 saturated carbocycles. The number of carboxylic acid groups (broad SMARTS) is 1. The van der Waals surface area contributed by atoms with Gasteiger partial charge in [0.05, 0.1) is 0 Å². The van der Waals surface area contributed by atoms with Gasteiger partial charge in [0, 0.05) is 12.4 Å². The zero-order valence-corrected chi connectivity index (χ0v) is 13.2. The standard InChI is InChI=1S/C20H24O2/c1-2-3-5-8-17-11-12-18(19(14-17)15-20(21)22)13-16-9-6-4-7-10-16/h4,6-7,9-12,14H,2-3,5,8,13,15H2,1H3,(H,21,22)/p-1. The van der Waals surface area contributed by atoms with Crippen LogP contribution in [-0.4, -0.2) is 5.97 Å². The van der Waals surface area contributed by atoms with Gasteiger partial charge in [0.1, 0.15) is 0 Å². The van der Waals surface area contributed by atoms with E-state index in [-0.39, 0.29) is 6.42 Å². The zero-order chi connectivity index (χ0) is 15.8. The molecule has 0 amide bonds. The van der Waals surface area contributed by atoms with Crippen molar-refractivity contribution in [2.24, 2.45) is 0 Å². The predicted octanol–water partition coefficient (Wildman–Crippen LogP) is 3.30. The van der Waals surface area contributed by atoms with Crippen molar-refractivity contribution in [2.75, 3.05) is 0 Å². The first kappa shape index (κ1) is 16.3. The molecule has 0 saturated heterocycles. The average Bonchev–Trinajstić information content (AvgIpc) is 2.50. The van der Waals surface area contributed by atoms with E-state index >= 15 is 0 Å². The van der Waals surface area contributed by atoms with Gasteiger partial charge in [-0.15, -0.1) is 0 Å². The van der Waals surface area contributed by atoms with E-state index in [2.05, 4.69) is 31.2 Å². The molecule has 2 aromatic carbocycles. The van der Waals surface area contributed by atoms with Crippen LogP contribution in [0.4, 0.5) is 0 Å². The molecule has 22 heavy (non-hydrogen) atoms. The van der Waals surface area contributed by atoms with Crippen LogP contribution in [0.5, 0.6) is 0 Å². The Hall–Kier alpha value is -2.09. The summed E-state index contributed by atoms with van der Waals surface area (Å²) in [5, 5.41) is 11.0. The third kappa shape index (κ3) is 5.03. The maximum absolute atomic E-state index is 11.0. The van der Waals surface area contributed by atoms with Crippen LogP contribution in [0.1, 0.15) is 48.4 Å². The number of unbranched alkanes of at least 4 members (excludes halogenated alkanes) is 2. The van der Waals surface area contributed by atoms with Gasteiger partial charge in [-0.25, -0.2) is 0 Å². The summed E-state index contributed by atoms with van der Waals surface area (Å²) in [5.74, 6) is -1.01. The Balaban J connectivity index is 2.18. The molecule has 2 heteroatoms. The molecule has 0 bridgehead atoms. The Morgan fingerprint density at radius 2 is 1.73 bits per heavy atom. The molecule has 0 fully saturated rings. The summed E-state index contributed by atoms with van der Waals surface area (Å²) in [7, 11) is 0. The lowest BCUT2D eigenvalue weighted by Crippen LogP contribution is -2.25. The fraction of sp³-hybridized carbons (Fsp3) is 0.350. The molecule has 0 aliphatic carbocycles. The van der Waals surface area contributed by atoms with Crippen molar-refractivity contribution in [3.05, 3.63) is 70.8 Å². The summed E-state index contributed by atoms with van der Waals surface area (Å²) in [6.07, 6.45) is 5.32. The molecule has 2 nitrogen and oxygen atoms in total. The van der Waals surface area contributed by atoms with Crippen LogP contribution in [0.25, 0.3) is 0 Å². The lowest BCUT2D eigenvalue weighted by molar-refractivity contribution is -0.304. The van der Waals surface area contributed by atoms with Crippen LogP contribution in [-0.2, 0) is 24.1 Å². The second kappa shape index (κ2) is 8.38. The Morgan fingerprint density at radius 1 is 0.955 bits per heavy atom. The second-order valence-corrected chi connectivity index (χ2v) is 5.77. The van der Waals surface area contributed by atoms with Gasteiger partial charge in [-0.1, -0.05) is 68.3 Å². The number of aliphatic carboxylic acids is 1. The predicted molar refractivity (Wildman–Crippen MR) is 87.6 cm³/mol. The van der Waals surface area contributed by atoms with E-state index in [0.717, 1.165) is 30.4 Å². The molecule has 0 spiro atoms. The highest BCUT2D eigenvalue weighted by Crippen LogP contribution is 2.18. The summed E-state index contributed by atoms with van der Waals surface area (Å²) >= 11 is 0. The number of aryl methyl sites for hydroxylation is 1. The van der Waals surface area contributed by atoms with Crippen molar-refractivity contribution in [2.45, 2.75) is 45.4 Å². The molecule has 0 aliphatic rings. The molecule has 0 aromatic heterocycles. The number of benzene rings is 2. The van der Waals surface area contributed by atoms with Gasteiger partial charge >= 0.3 is 0 Å². The Bertz CT molecular complexity index is 602. The molecular weight excluding hydrogens is 272 g/mol. The molecule has 116 valence electrons. The smallest absolute Gasteiger partial charge is 0.0458 e. The fourth-order valence-electron chi connectivity index (χ4n) is 2.72. The fourth-order valence-corrected chi connectivity index (χ4v) is 2.72. The SMILES string of the molecule is CCCCCc1ccc(Cc2ccccc2)c(CC(=O)[O-])c1. The third-order valence-electron chi connectivity index (χ3n) is 3.91. The number of carbonyl (C=O) groups excluding carboxylic acids is 1. The summed E-state index contributed by atoms with van der Waals surface area (Å²) in [5.41, 5.74) is 4.38. The summed E-state index contributed by atoms with van der Waals surface area (Å²) in [4.78, 5) is 11.0. The van der Waals surface area contributed by atoms with E-state index in [0.29, 0.717) is 0 Å². The number of carbonyl (C=O) groups is 1. The molecule has 0 N–H and O–H groups in total. The molecular formula is C20H23O2-. The van der Waals surface area contributed by atoms with Gasteiger partial charge < -0.3 is 9.90 Å². The average molecular weight is 295 g/mol. The van der Waals surface area contributed by atoms with Crippen molar-refractivity contribution in [3.63, 3.8) is 0 Å². The van der Waals surface area contributed by atoms with E-state index in [1.54, 1.807) is 0 Å². The lowest BCUT2D eigenvalue weighted by atomic mass is 9.94. The maximum atomic E-state index is 11.0. The summed E-state index contributed by atoms with van der Waals surface area (Å²) in [6.45, 7) is 2.19. The van der Waals surface area contributed by atoms with Crippen LogP contribution in [0.15, 0.2) is 48.5 Å². The van der Waals surface area contributed by atoms with E-state index in [1.807, 2.05) is 24.3 Å². The minimum atomic E-state index is -1.01. The maximum Gasteiger partial charge on any atom is 0.0458 e. The Kier molecular flexibility index (Phi) is 6.20. The normalized spacial score (nSPS) is 10.6. The highest BCUT2D eigenvalue weighted by molar-refractivity contribution is 5.68. The minimum Gasteiger partial charge on any atom is -0.550 e. The third-order valence-corrected chi connectivity index (χ3v) is 3.91. The van der Waals surface area contributed by atoms with Crippen LogP contribution >= 0.6 is 0 Å². The highest BCUT2D eigenvalue weighted by Gasteiger charge is 2.06. The first-order valence-corrected chi connectivity index (χ1v) is 8.03. The van der Waals surface area contributed by atoms with Crippen LogP contribution in [0.2, 0.25) is 0 Å². The first-order chi connectivity index (χ1) is 10.7. The van der Waals surface area contributed by atoms with Crippen molar-refractivity contribution in [1.29, 1.82) is 0 Å². The second-order valence-electron chi connectivity index (χ2n) is 5.77. The first-order valence-electron chi connectivity index (χ1n) is 8.03. The number of rotatable bonds is 8. The largest absolute Gasteiger partial charge is 0.550 e. The number of hydrogen-bond donors (Lipinski definition) is 0. The van der Waals surface area contributed by atoms with Gasteiger partial charge in [0.15, 0.2) is 0 Å². The van der Waals surface area contributed by atoms with Crippen molar-refractivity contribution in [3.8, 4) is 0 Å². The molecule has 0 unspecified atom stereocenters. The molecule has 2 rings (SSSR count). The minimum absolute atomic E-state index is 0.0101. The van der Waals surface area contributed by atoms with E-state index < -0.39 is 5.97 Å². The van der Waals surface area contributed by atoms with E-state index in [4.69, 9.17) is 0 Å². The van der Waals surface area contributed by atoms with Crippen LogP contribution < -0.4 is 5.11 Å². The van der Waals surface area contributed by atoms with Crippen molar-refractivity contribution >= 4 is 5.97 Å². The van der Waals surface area contributed by atoms with Gasteiger partial charge in [-0.3, -0.25) is 0 Å². The molecule has 2 aromatic rings. The van der Waals surface area contributed by atoms with Crippen LogP contribution in [0.3, 0.4) is 0 Å². The van der Waals surface area contributed by atoms with Crippen LogP contribution in [0, 0.1) is 0 Å². The topological polar surface area (TPSA) is 40.1 Å². The van der Waals surface area contributed by atoms with Gasteiger partial charge in [0.25, 0.3) is 0 Å². The number of carboxylic acids is 1. The molecule has 0 heterocycles. The summed E-state index contributed by atoms with van der Waals surface area (Å²) < 4.78 is 0. The quantitative estimate of drug-likeness (QED) is 0.701. The van der Waals surface area contributed by atoms with Gasteiger partial charge in [-0.2, -0.15) is 0 Å². The van der Waals surface area contributed by atoms with E-state index in [1.165, 1.54) is 24.0 Å². The number of hydrogen-bond acceptors (Lipinski definition) is 2. The summed E-state index contributed by atoms with van der Waals surface area (Å²) in [6, 6.07) is 16.4. The highest BCUT2D eigenvalue weighted by atomic mass is 16.4. The molecule has 0 atom stereocenters. The van der Waals surface area contributed by atoms with Crippen molar-refractivity contribution in [1.82, 2.24) is 0 Å².